The molecule has 0 saturated carbocycles. The van der Waals surface area contributed by atoms with Crippen molar-refractivity contribution < 1.29 is 19.1 Å². The van der Waals surface area contributed by atoms with Gasteiger partial charge in [0.25, 0.3) is 5.91 Å². The summed E-state index contributed by atoms with van der Waals surface area (Å²) in [6, 6.07) is 14.5. The lowest BCUT2D eigenvalue weighted by atomic mass is 9.92. The van der Waals surface area contributed by atoms with Gasteiger partial charge in [-0.1, -0.05) is 42.0 Å². The fourth-order valence-corrected chi connectivity index (χ4v) is 4.39. The summed E-state index contributed by atoms with van der Waals surface area (Å²) in [5, 5.41) is 2.75. The first-order valence-corrected chi connectivity index (χ1v) is 10.5. The van der Waals surface area contributed by atoms with Crippen LogP contribution in [0.1, 0.15) is 42.5 Å². The first-order chi connectivity index (χ1) is 14.8. The molecule has 0 aromatic heterocycles. The topological polar surface area (TPSA) is 79.0 Å². The molecule has 0 bridgehead atoms. The zero-order chi connectivity index (χ0) is 22.2. The van der Waals surface area contributed by atoms with Crippen LogP contribution < -0.4 is 10.1 Å². The van der Waals surface area contributed by atoms with Gasteiger partial charge in [0.1, 0.15) is 17.8 Å². The zero-order valence-corrected chi connectivity index (χ0v) is 18.1. The molecule has 2 saturated heterocycles. The molecule has 2 aromatic carbocycles. The molecule has 4 amide bonds. The van der Waals surface area contributed by atoms with Crippen LogP contribution in [0.25, 0.3) is 0 Å². The Labute approximate surface area is 182 Å². The maximum absolute atomic E-state index is 13.2. The highest BCUT2D eigenvalue weighted by atomic mass is 16.5. The van der Waals surface area contributed by atoms with E-state index >= 15 is 0 Å². The van der Waals surface area contributed by atoms with Crippen LogP contribution in [-0.4, -0.2) is 47.8 Å². The molecule has 0 radical (unpaired) electrons. The summed E-state index contributed by atoms with van der Waals surface area (Å²) in [6.07, 6.45) is 1.77. The molecule has 7 heteroatoms. The maximum Gasteiger partial charge on any atom is 0.325 e. The summed E-state index contributed by atoms with van der Waals surface area (Å²) in [7, 11) is 1.56. The molecule has 1 N–H and O–H groups in total. The van der Waals surface area contributed by atoms with Crippen molar-refractivity contribution >= 4 is 17.8 Å². The standard InChI is InChI=1S/C24H27N3O4/c1-16-6-8-17(9-7-16)20-5-4-14-26(20)21(28)15-27-22(29)24(2,25-23(27)30)18-10-12-19(31-3)13-11-18/h6-13,20H,4-5,14-15H2,1-3H3,(H,25,30). The van der Waals surface area contributed by atoms with Gasteiger partial charge in [-0.15, -0.1) is 0 Å². The molecule has 162 valence electrons. The fourth-order valence-electron chi connectivity index (χ4n) is 4.39. The van der Waals surface area contributed by atoms with Gasteiger partial charge in [0.05, 0.1) is 13.2 Å². The first kappa shape index (κ1) is 20.9. The van der Waals surface area contributed by atoms with Crippen molar-refractivity contribution in [1.82, 2.24) is 15.1 Å². The quantitative estimate of drug-likeness (QED) is 0.753. The van der Waals surface area contributed by atoms with Crippen molar-refractivity contribution in [3.8, 4) is 5.75 Å². The molecular weight excluding hydrogens is 394 g/mol. The Balaban J connectivity index is 1.50. The number of carbonyl (C=O) groups excluding carboxylic acids is 3. The monoisotopic (exact) mass is 421 g/mol. The Morgan fingerprint density at radius 2 is 1.81 bits per heavy atom. The highest BCUT2D eigenvalue weighted by molar-refractivity contribution is 6.09. The number of carbonyl (C=O) groups is 3. The molecular formula is C24H27N3O4. The summed E-state index contributed by atoms with van der Waals surface area (Å²) in [5.74, 6) is 0.0139. The molecule has 2 unspecified atom stereocenters. The molecule has 2 aromatic rings. The highest BCUT2D eigenvalue weighted by Crippen LogP contribution is 2.34. The van der Waals surface area contributed by atoms with E-state index in [9.17, 15) is 14.4 Å². The molecule has 0 aliphatic carbocycles. The SMILES string of the molecule is COc1ccc(C2(C)NC(=O)N(CC(=O)N3CCCC3c3ccc(C)cc3)C2=O)cc1. The van der Waals surface area contributed by atoms with E-state index in [4.69, 9.17) is 4.74 Å². The van der Waals surface area contributed by atoms with Gasteiger partial charge in [-0.05, 0) is 49.9 Å². The number of amides is 4. The van der Waals surface area contributed by atoms with Crippen LogP contribution in [0.5, 0.6) is 5.75 Å². The van der Waals surface area contributed by atoms with E-state index in [1.54, 1.807) is 43.2 Å². The van der Waals surface area contributed by atoms with E-state index in [-0.39, 0.29) is 18.5 Å². The van der Waals surface area contributed by atoms with Crippen LogP contribution >= 0.6 is 0 Å². The van der Waals surface area contributed by atoms with Crippen LogP contribution in [0.2, 0.25) is 0 Å². The Morgan fingerprint density at radius 3 is 2.45 bits per heavy atom. The van der Waals surface area contributed by atoms with E-state index in [0.717, 1.165) is 28.9 Å². The van der Waals surface area contributed by atoms with Gasteiger partial charge in [-0.3, -0.25) is 14.5 Å². The molecule has 2 heterocycles. The number of likely N-dealkylation sites (tertiary alicyclic amines) is 1. The summed E-state index contributed by atoms with van der Waals surface area (Å²) in [5.41, 5.74) is 1.67. The average molecular weight is 421 g/mol. The number of methoxy groups -OCH3 is 1. The van der Waals surface area contributed by atoms with Gasteiger partial charge in [-0.25, -0.2) is 4.79 Å². The molecule has 7 nitrogen and oxygen atoms in total. The van der Waals surface area contributed by atoms with Crippen molar-refractivity contribution in [1.29, 1.82) is 0 Å². The summed E-state index contributed by atoms with van der Waals surface area (Å²) in [4.78, 5) is 41.7. The molecule has 2 aliphatic rings. The molecule has 31 heavy (non-hydrogen) atoms. The van der Waals surface area contributed by atoms with Crippen LogP contribution in [0.15, 0.2) is 48.5 Å². The lowest BCUT2D eigenvalue weighted by Crippen LogP contribution is -2.44. The van der Waals surface area contributed by atoms with Gasteiger partial charge in [0.15, 0.2) is 0 Å². The third kappa shape index (κ3) is 3.76. The minimum Gasteiger partial charge on any atom is -0.497 e. The second-order valence-corrected chi connectivity index (χ2v) is 8.33. The fraction of sp³-hybridized carbons (Fsp3) is 0.375. The molecule has 0 spiro atoms. The Bertz CT molecular complexity index is 1000. The Kier molecular flexibility index (Phi) is 5.43. The maximum atomic E-state index is 13.2. The van der Waals surface area contributed by atoms with Crippen molar-refractivity contribution in [3.05, 3.63) is 65.2 Å². The number of imide groups is 1. The number of aryl methyl sites for hydroxylation is 1. The zero-order valence-electron chi connectivity index (χ0n) is 18.1. The van der Waals surface area contributed by atoms with Crippen molar-refractivity contribution in [2.75, 3.05) is 20.2 Å². The lowest BCUT2D eigenvalue weighted by molar-refractivity contribution is -0.139. The number of benzene rings is 2. The van der Waals surface area contributed by atoms with E-state index in [2.05, 4.69) is 5.32 Å². The van der Waals surface area contributed by atoms with E-state index in [1.807, 2.05) is 31.2 Å². The predicted molar refractivity (Wildman–Crippen MR) is 115 cm³/mol. The Hall–Kier alpha value is -3.35. The number of hydrogen-bond acceptors (Lipinski definition) is 4. The lowest BCUT2D eigenvalue weighted by Gasteiger charge is -2.27. The largest absolute Gasteiger partial charge is 0.497 e. The number of urea groups is 1. The summed E-state index contributed by atoms with van der Waals surface area (Å²) in [6.45, 7) is 4.04. The van der Waals surface area contributed by atoms with Crippen LogP contribution in [0, 0.1) is 6.92 Å². The minimum absolute atomic E-state index is 0.0261. The van der Waals surface area contributed by atoms with Crippen LogP contribution in [0.4, 0.5) is 4.79 Å². The highest BCUT2D eigenvalue weighted by Gasteiger charge is 2.50. The van der Waals surface area contributed by atoms with Gasteiger partial charge in [-0.2, -0.15) is 0 Å². The molecule has 4 rings (SSSR count). The molecule has 2 fully saturated rings. The normalized spacial score (nSPS) is 23.3. The summed E-state index contributed by atoms with van der Waals surface area (Å²) < 4.78 is 5.16. The number of hydrogen-bond donors (Lipinski definition) is 1. The smallest absolute Gasteiger partial charge is 0.325 e. The molecule has 2 atom stereocenters. The second kappa shape index (κ2) is 8.06. The van der Waals surface area contributed by atoms with Gasteiger partial charge in [0, 0.05) is 6.54 Å². The second-order valence-electron chi connectivity index (χ2n) is 8.33. The van der Waals surface area contributed by atoms with Crippen LogP contribution in [-0.2, 0) is 15.1 Å². The third-order valence-electron chi connectivity index (χ3n) is 6.27. The number of nitrogens with one attached hydrogen (secondary N) is 1. The van der Waals surface area contributed by atoms with E-state index < -0.39 is 17.5 Å². The first-order valence-electron chi connectivity index (χ1n) is 10.5. The van der Waals surface area contributed by atoms with Crippen molar-refractivity contribution in [3.63, 3.8) is 0 Å². The number of ether oxygens (including phenoxy) is 1. The number of rotatable bonds is 5. The van der Waals surface area contributed by atoms with Gasteiger partial charge < -0.3 is 15.0 Å². The average Bonchev–Trinajstić information content (AvgIpc) is 3.34. The van der Waals surface area contributed by atoms with Crippen molar-refractivity contribution in [2.45, 2.75) is 38.3 Å². The Morgan fingerprint density at radius 1 is 1.13 bits per heavy atom. The minimum atomic E-state index is -1.22. The molecule has 2 aliphatic heterocycles. The van der Waals surface area contributed by atoms with Gasteiger partial charge >= 0.3 is 6.03 Å². The van der Waals surface area contributed by atoms with Crippen molar-refractivity contribution in [2.24, 2.45) is 0 Å². The van der Waals surface area contributed by atoms with E-state index in [1.165, 1.54) is 0 Å². The van der Waals surface area contributed by atoms with Gasteiger partial charge in [0.2, 0.25) is 5.91 Å². The van der Waals surface area contributed by atoms with E-state index in [0.29, 0.717) is 17.9 Å². The van der Waals surface area contributed by atoms with Crippen LogP contribution in [0.3, 0.4) is 0 Å². The summed E-state index contributed by atoms with van der Waals surface area (Å²) >= 11 is 0. The third-order valence-corrected chi connectivity index (χ3v) is 6.27. The predicted octanol–water partition coefficient (Wildman–Crippen LogP) is 3.13. The number of nitrogens with zero attached hydrogens (tertiary/aromatic N) is 2.